The van der Waals surface area contributed by atoms with E-state index in [-0.39, 0.29) is 5.91 Å². The second kappa shape index (κ2) is 6.10. The molecule has 1 aromatic carbocycles. The summed E-state index contributed by atoms with van der Waals surface area (Å²) in [6.45, 7) is 0. The molecule has 2 aromatic rings. The molecule has 0 aliphatic carbocycles. The Labute approximate surface area is 130 Å². The quantitative estimate of drug-likeness (QED) is 0.862. The number of amidine groups is 1. The van der Waals surface area contributed by atoms with Crippen LogP contribution in [0.5, 0.6) is 0 Å². The van der Waals surface area contributed by atoms with Crippen LogP contribution in [-0.2, 0) is 11.2 Å². The zero-order valence-electron chi connectivity index (χ0n) is 11.2. The molecule has 0 spiro atoms. The summed E-state index contributed by atoms with van der Waals surface area (Å²) in [5.74, 6) is 1.39. The Morgan fingerprint density at radius 3 is 2.81 bits per heavy atom. The maximum Gasteiger partial charge on any atom is 0.275 e. The summed E-state index contributed by atoms with van der Waals surface area (Å²) in [5.41, 5.74) is 1.36. The van der Waals surface area contributed by atoms with Gasteiger partial charge in [-0.05, 0) is 29.8 Å². The lowest BCUT2D eigenvalue weighted by atomic mass is 10.2. The van der Waals surface area contributed by atoms with E-state index in [1.54, 1.807) is 12.3 Å². The predicted octanol–water partition coefficient (Wildman–Crippen LogP) is 3.54. The van der Waals surface area contributed by atoms with Crippen molar-refractivity contribution in [2.24, 2.45) is 4.99 Å². The highest BCUT2D eigenvalue weighted by molar-refractivity contribution is 9.10. The minimum Gasteiger partial charge on any atom is -0.469 e. The zero-order chi connectivity index (χ0) is 14.7. The van der Waals surface area contributed by atoms with Crippen molar-refractivity contribution >= 4 is 33.7 Å². The molecule has 0 atom stereocenters. The second-order valence-electron chi connectivity index (χ2n) is 4.64. The highest BCUT2D eigenvalue weighted by Crippen LogP contribution is 2.21. The maximum atomic E-state index is 11.9. The van der Waals surface area contributed by atoms with E-state index in [9.17, 15) is 4.79 Å². The number of benzene rings is 1. The first-order chi connectivity index (χ1) is 10.2. The van der Waals surface area contributed by atoms with Gasteiger partial charge in [-0.2, -0.15) is 0 Å². The highest BCUT2D eigenvalue weighted by atomic mass is 79.9. The Morgan fingerprint density at radius 1 is 1.19 bits per heavy atom. The highest BCUT2D eigenvalue weighted by Gasteiger charge is 2.20. The van der Waals surface area contributed by atoms with E-state index in [1.165, 1.54) is 0 Å². The molecule has 1 aliphatic rings. The van der Waals surface area contributed by atoms with Crippen LogP contribution in [0.15, 0.2) is 62.2 Å². The Hall–Kier alpha value is -2.14. The monoisotopic (exact) mass is 344 g/mol. The number of hydrogen-bond acceptors (Lipinski definition) is 3. The molecule has 4 nitrogen and oxygen atoms in total. The average Bonchev–Trinajstić information content (AvgIpc) is 3.10. The number of aliphatic imine (C=N–C) groups is 1. The number of hydrogen-bond donors (Lipinski definition) is 1. The van der Waals surface area contributed by atoms with Gasteiger partial charge in [0.2, 0.25) is 0 Å². The van der Waals surface area contributed by atoms with E-state index in [0.717, 1.165) is 15.8 Å². The zero-order valence-corrected chi connectivity index (χ0v) is 12.8. The number of aryl methyl sites for hydroxylation is 1. The molecule has 1 aromatic heterocycles. The van der Waals surface area contributed by atoms with Crippen LogP contribution in [0.2, 0.25) is 0 Å². The second-order valence-corrected chi connectivity index (χ2v) is 5.50. The van der Waals surface area contributed by atoms with E-state index >= 15 is 0 Å². The van der Waals surface area contributed by atoms with Crippen LogP contribution in [0.3, 0.4) is 0 Å². The molecule has 0 saturated heterocycles. The molecule has 21 heavy (non-hydrogen) atoms. The van der Waals surface area contributed by atoms with Crippen LogP contribution in [0.4, 0.5) is 0 Å². The fraction of sp³-hybridized carbons (Fsp3) is 0.125. The lowest BCUT2D eigenvalue weighted by molar-refractivity contribution is -0.115. The molecule has 3 rings (SSSR count). The van der Waals surface area contributed by atoms with Crippen LogP contribution in [0, 0.1) is 0 Å². The smallest absolute Gasteiger partial charge is 0.275 e. The Morgan fingerprint density at radius 2 is 2.05 bits per heavy atom. The van der Waals surface area contributed by atoms with Crippen LogP contribution < -0.4 is 5.32 Å². The van der Waals surface area contributed by atoms with Gasteiger partial charge < -0.3 is 9.73 Å². The van der Waals surface area contributed by atoms with Crippen molar-refractivity contribution in [3.8, 4) is 0 Å². The van der Waals surface area contributed by atoms with E-state index in [2.05, 4.69) is 26.2 Å². The molecular formula is C16H13BrN2O2. The third-order valence-corrected chi connectivity index (χ3v) is 3.85. The number of carbonyl (C=O) groups is 1. The molecule has 5 heteroatoms. The fourth-order valence-electron chi connectivity index (χ4n) is 2.07. The van der Waals surface area contributed by atoms with Gasteiger partial charge in [0.15, 0.2) is 0 Å². The van der Waals surface area contributed by atoms with Gasteiger partial charge in [0, 0.05) is 17.3 Å². The molecule has 0 fully saturated rings. The van der Waals surface area contributed by atoms with Crippen molar-refractivity contribution in [3.05, 3.63) is 64.2 Å². The molecule has 106 valence electrons. The Balaban J connectivity index is 1.74. The molecule has 0 bridgehead atoms. The molecule has 0 unspecified atom stereocenters. The van der Waals surface area contributed by atoms with Gasteiger partial charge in [-0.25, -0.2) is 4.99 Å². The van der Waals surface area contributed by atoms with Crippen LogP contribution >= 0.6 is 15.9 Å². The summed E-state index contributed by atoms with van der Waals surface area (Å²) >= 11 is 3.46. The van der Waals surface area contributed by atoms with Gasteiger partial charge in [0.05, 0.1) is 6.26 Å². The van der Waals surface area contributed by atoms with Gasteiger partial charge >= 0.3 is 0 Å². The number of nitrogens with one attached hydrogen (secondary N) is 1. The third kappa shape index (κ3) is 3.31. The molecule has 1 amide bonds. The fourth-order valence-corrected chi connectivity index (χ4v) is 2.47. The largest absolute Gasteiger partial charge is 0.469 e. The molecular weight excluding hydrogens is 332 g/mol. The normalized spacial score (nSPS) is 16.1. The van der Waals surface area contributed by atoms with Gasteiger partial charge in [0.25, 0.3) is 5.91 Å². The lowest BCUT2D eigenvalue weighted by Crippen LogP contribution is -2.24. The first-order valence-electron chi connectivity index (χ1n) is 6.60. The standard InChI is InChI=1S/C16H13BrN2O2/c17-13-6-2-1-4-11(13)10-14-16(20)19-15(18-14)8-7-12-5-3-9-21-12/h1-6,9-10H,7-8H2,(H,18,19,20)/b14-10-. The van der Waals surface area contributed by atoms with Crippen molar-refractivity contribution < 1.29 is 9.21 Å². The van der Waals surface area contributed by atoms with Crippen LogP contribution in [-0.4, -0.2) is 11.7 Å². The van der Waals surface area contributed by atoms with Gasteiger partial charge in [-0.1, -0.05) is 34.1 Å². The molecule has 0 saturated carbocycles. The number of furan rings is 1. The van der Waals surface area contributed by atoms with E-state index in [0.29, 0.717) is 24.4 Å². The predicted molar refractivity (Wildman–Crippen MR) is 84.7 cm³/mol. The average molecular weight is 345 g/mol. The molecule has 0 radical (unpaired) electrons. The Kier molecular flexibility index (Phi) is 4.01. The topological polar surface area (TPSA) is 54.6 Å². The van der Waals surface area contributed by atoms with E-state index in [1.807, 2.05) is 36.4 Å². The van der Waals surface area contributed by atoms with Crippen LogP contribution in [0.25, 0.3) is 6.08 Å². The summed E-state index contributed by atoms with van der Waals surface area (Å²) in [6, 6.07) is 11.5. The summed E-state index contributed by atoms with van der Waals surface area (Å²) < 4.78 is 6.20. The van der Waals surface area contributed by atoms with Crippen molar-refractivity contribution in [2.75, 3.05) is 0 Å². The SMILES string of the molecule is O=C1NC(CCc2ccco2)=N/C1=C\c1ccccc1Br. The van der Waals surface area contributed by atoms with Crippen molar-refractivity contribution in [1.82, 2.24) is 5.32 Å². The minimum absolute atomic E-state index is 0.166. The lowest BCUT2D eigenvalue weighted by Gasteiger charge is -1.97. The Bertz CT molecular complexity index is 718. The number of nitrogens with zero attached hydrogens (tertiary/aromatic N) is 1. The van der Waals surface area contributed by atoms with E-state index < -0.39 is 0 Å². The van der Waals surface area contributed by atoms with Crippen molar-refractivity contribution in [1.29, 1.82) is 0 Å². The number of carbonyl (C=O) groups excluding carboxylic acids is 1. The van der Waals surface area contributed by atoms with Gasteiger partial charge in [-0.3, -0.25) is 4.79 Å². The first-order valence-corrected chi connectivity index (χ1v) is 7.39. The summed E-state index contributed by atoms with van der Waals surface area (Å²) in [6.07, 6.45) is 4.78. The van der Waals surface area contributed by atoms with Crippen molar-refractivity contribution in [3.63, 3.8) is 0 Å². The minimum atomic E-state index is -0.166. The van der Waals surface area contributed by atoms with Crippen LogP contribution in [0.1, 0.15) is 17.7 Å². The number of amides is 1. The van der Waals surface area contributed by atoms with Gasteiger partial charge in [0.1, 0.15) is 17.3 Å². The number of rotatable bonds is 4. The van der Waals surface area contributed by atoms with Gasteiger partial charge in [-0.15, -0.1) is 0 Å². The molecule has 2 heterocycles. The van der Waals surface area contributed by atoms with Crippen molar-refractivity contribution in [2.45, 2.75) is 12.8 Å². The third-order valence-electron chi connectivity index (χ3n) is 3.13. The summed E-state index contributed by atoms with van der Waals surface area (Å²) in [4.78, 5) is 16.3. The summed E-state index contributed by atoms with van der Waals surface area (Å²) in [7, 11) is 0. The van der Waals surface area contributed by atoms with E-state index in [4.69, 9.17) is 4.42 Å². The number of halogens is 1. The molecule has 1 aliphatic heterocycles. The summed E-state index contributed by atoms with van der Waals surface area (Å²) in [5, 5.41) is 2.79. The first kappa shape index (κ1) is 13.8. The maximum absolute atomic E-state index is 11.9. The molecule has 1 N–H and O–H groups in total.